The number of carbonyl (C=O) groups excluding carboxylic acids is 2. The van der Waals surface area contributed by atoms with Gasteiger partial charge in [-0.1, -0.05) is 30.3 Å². The van der Waals surface area contributed by atoms with Gasteiger partial charge in [0, 0.05) is 16.9 Å². The van der Waals surface area contributed by atoms with E-state index < -0.39 is 4.87 Å². The van der Waals surface area contributed by atoms with E-state index in [4.69, 9.17) is 0 Å². The molecule has 23 heavy (non-hydrogen) atoms. The van der Waals surface area contributed by atoms with Gasteiger partial charge in [0.25, 0.3) is 5.91 Å². The third-order valence-corrected chi connectivity index (χ3v) is 5.82. The Kier molecular flexibility index (Phi) is 3.03. The van der Waals surface area contributed by atoms with E-state index in [1.165, 1.54) is 11.8 Å². The number of hydrogen-bond acceptors (Lipinski definition) is 3. The van der Waals surface area contributed by atoms with Crippen LogP contribution in [0.3, 0.4) is 0 Å². The highest BCUT2D eigenvalue weighted by Crippen LogP contribution is 2.54. The van der Waals surface area contributed by atoms with Crippen molar-refractivity contribution in [3.63, 3.8) is 0 Å². The van der Waals surface area contributed by atoms with Crippen LogP contribution in [0.1, 0.15) is 16.7 Å². The van der Waals surface area contributed by atoms with Crippen LogP contribution in [0.15, 0.2) is 42.5 Å². The first kappa shape index (κ1) is 14.3. The Morgan fingerprint density at radius 2 is 1.91 bits per heavy atom. The first-order chi connectivity index (χ1) is 11.0. The summed E-state index contributed by atoms with van der Waals surface area (Å²) in [5.41, 5.74) is 4.52. The SMILES string of the molecule is Cc1ccc(C)c(N2C(=O)CSC23C(=O)Nc2ccccc23)c1. The average molecular weight is 324 g/mol. The average Bonchev–Trinajstić information content (AvgIpc) is 3.02. The zero-order valence-electron chi connectivity index (χ0n) is 12.9. The Hall–Kier alpha value is -2.27. The van der Waals surface area contributed by atoms with Gasteiger partial charge in [-0.2, -0.15) is 0 Å². The molecular weight excluding hydrogens is 308 g/mol. The Labute approximate surface area is 138 Å². The molecule has 4 nitrogen and oxygen atoms in total. The van der Waals surface area contributed by atoms with E-state index in [1.54, 1.807) is 4.90 Å². The van der Waals surface area contributed by atoms with E-state index in [9.17, 15) is 9.59 Å². The van der Waals surface area contributed by atoms with Crippen molar-refractivity contribution >= 4 is 35.0 Å². The van der Waals surface area contributed by atoms with Gasteiger partial charge in [-0.05, 0) is 37.1 Å². The molecule has 0 aromatic heterocycles. The largest absolute Gasteiger partial charge is 0.323 e. The number of hydrogen-bond donors (Lipinski definition) is 1. The molecule has 4 rings (SSSR count). The molecule has 1 unspecified atom stereocenters. The monoisotopic (exact) mass is 324 g/mol. The molecule has 0 aliphatic carbocycles. The quantitative estimate of drug-likeness (QED) is 0.876. The molecule has 1 spiro atoms. The molecule has 2 aromatic rings. The van der Waals surface area contributed by atoms with Crippen molar-refractivity contribution in [2.24, 2.45) is 0 Å². The zero-order valence-corrected chi connectivity index (χ0v) is 13.7. The molecule has 116 valence electrons. The number of aryl methyl sites for hydroxylation is 2. The lowest BCUT2D eigenvalue weighted by Crippen LogP contribution is -2.47. The van der Waals surface area contributed by atoms with Crippen molar-refractivity contribution in [1.82, 2.24) is 0 Å². The van der Waals surface area contributed by atoms with Crippen LogP contribution in [0.2, 0.25) is 0 Å². The predicted octanol–water partition coefficient (Wildman–Crippen LogP) is 3.19. The molecule has 0 radical (unpaired) electrons. The summed E-state index contributed by atoms with van der Waals surface area (Å²) in [6, 6.07) is 13.6. The topological polar surface area (TPSA) is 49.4 Å². The summed E-state index contributed by atoms with van der Waals surface area (Å²) in [5.74, 6) is 0.126. The van der Waals surface area contributed by atoms with Crippen LogP contribution in [0.25, 0.3) is 0 Å². The van der Waals surface area contributed by atoms with Crippen molar-refractivity contribution in [3.05, 3.63) is 59.2 Å². The minimum atomic E-state index is -0.994. The Bertz CT molecular complexity index is 849. The number of fused-ring (bicyclic) bond motifs is 2. The van der Waals surface area contributed by atoms with Crippen molar-refractivity contribution < 1.29 is 9.59 Å². The maximum atomic E-state index is 12.9. The summed E-state index contributed by atoms with van der Waals surface area (Å²) in [6.07, 6.45) is 0. The van der Waals surface area contributed by atoms with Crippen molar-refractivity contribution in [2.45, 2.75) is 18.7 Å². The van der Waals surface area contributed by atoms with E-state index in [0.717, 1.165) is 28.1 Å². The minimum absolute atomic E-state index is 0.0319. The van der Waals surface area contributed by atoms with Crippen LogP contribution in [0.5, 0.6) is 0 Å². The predicted molar refractivity (Wildman–Crippen MR) is 92.6 cm³/mol. The number of nitrogens with one attached hydrogen (secondary N) is 1. The van der Waals surface area contributed by atoms with Gasteiger partial charge in [0.15, 0.2) is 0 Å². The number of benzene rings is 2. The van der Waals surface area contributed by atoms with Gasteiger partial charge in [-0.3, -0.25) is 14.5 Å². The second-order valence-electron chi connectivity index (χ2n) is 5.95. The number of amides is 2. The molecule has 2 heterocycles. The molecule has 0 saturated carbocycles. The lowest BCUT2D eigenvalue weighted by Gasteiger charge is -2.33. The maximum Gasteiger partial charge on any atom is 0.266 e. The van der Waals surface area contributed by atoms with Crippen molar-refractivity contribution in [3.8, 4) is 0 Å². The Balaban J connectivity index is 1.97. The maximum absolute atomic E-state index is 12.9. The van der Waals surface area contributed by atoms with Gasteiger partial charge in [0.05, 0.1) is 5.75 Å². The molecule has 1 atom stereocenters. The highest BCUT2D eigenvalue weighted by atomic mass is 32.2. The van der Waals surface area contributed by atoms with Gasteiger partial charge in [-0.15, -0.1) is 11.8 Å². The van der Waals surface area contributed by atoms with E-state index in [2.05, 4.69) is 5.32 Å². The van der Waals surface area contributed by atoms with E-state index in [0.29, 0.717) is 5.75 Å². The summed E-state index contributed by atoms with van der Waals surface area (Å²) >= 11 is 1.39. The van der Waals surface area contributed by atoms with Gasteiger partial charge in [-0.25, -0.2) is 0 Å². The zero-order chi connectivity index (χ0) is 16.2. The third-order valence-electron chi connectivity index (χ3n) is 4.42. The second-order valence-corrected chi connectivity index (χ2v) is 7.12. The normalized spacial score (nSPS) is 22.6. The fourth-order valence-corrected chi connectivity index (χ4v) is 4.62. The molecule has 2 aliphatic heterocycles. The molecule has 2 aromatic carbocycles. The van der Waals surface area contributed by atoms with E-state index in [1.807, 2.05) is 56.3 Å². The van der Waals surface area contributed by atoms with Gasteiger partial charge < -0.3 is 5.32 Å². The number of nitrogens with zero attached hydrogens (tertiary/aromatic N) is 1. The molecule has 2 amide bonds. The second kappa shape index (κ2) is 4.86. The molecule has 1 saturated heterocycles. The van der Waals surface area contributed by atoms with Gasteiger partial charge >= 0.3 is 0 Å². The summed E-state index contributed by atoms with van der Waals surface area (Å²) in [5, 5.41) is 2.93. The lowest BCUT2D eigenvalue weighted by atomic mass is 10.0. The fourth-order valence-electron chi connectivity index (χ4n) is 3.32. The Morgan fingerprint density at radius 1 is 1.13 bits per heavy atom. The lowest BCUT2D eigenvalue weighted by molar-refractivity contribution is -0.122. The van der Waals surface area contributed by atoms with Crippen LogP contribution < -0.4 is 10.2 Å². The molecule has 0 bridgehead atoms. The Morgan fingerprint density at radius 3 is 2.74 bits per heavy atom. The minimum Gasteiger partial charge on any atom is -0.323 e. The molecule has 1 fully saturated rings. The van der Waals surface area contributed by atoms with Crippen molar-refractivity contribution in [1.29, 1.82) is 0 Å². The standard InChI is InChI=1S/C18H16N2O2S/c1-11-7-8-12(2)15(9-11)20-16(21)10-23-18(20)13-5-3-4-6-14(13)19-17(18)22/h3-9H,10H2,1-2H3,(H,19,22). The molecule has 5 heteroatoms. The van der Waals surface area contributed by atoms with E-state index >= 15 is 0 Å². The number of para-hydroxylation sites is 1. The van der Waals surface area contributed by atoms with Crippen LogP contribution in [0.4, 0.5) is 11.4 Å². The number of rotatable bonds is 1. The van der Waals surface area contributed by atoms with Crippen LogP contribution in [-0.4, -0.2) is 17.6 Å². The first-order valence-electron chi connectivity index (χ1n) is 7.49. The van der Waals surface area contributed by atoms with E-state index in [-0.39, 0.29) is 11.8 Å². The highest BCUT2D eigenvalue weighted by molar-refractivity contribution is 8.02. The summed E-state index contributed by atoms with van der Waals surface area (Å²) < 4.78 is 0. The summed E-state index contributed by atoms with van der Waals surface area (Å²) in [4.78, 5) is 26.2. The van der Waals surface area contributed by atoms with Crippen molar-refractivity contribution in [2.75, 3.05) is 16.0 Å². The van der Waals surface area contributed by atoms with Gasteiger partial charge in [0.2, 0.25) is 10.8 Å². The third kappa shape index (κ3) is 1.86. The summed E-state index contributed by atoms with van der Waals surface area (Å²) in [7, 11) is 0. The molecule has 1 N–H and O–H groups in total. The van der Waals surface area contributed by atoms with Crippen LogP contribution >= 0.6 is 11.8 Å². The smallest absolute Gasteiger partial charge is 0.266 e. The number of carbonyl (C=O) groups is 2. The van der Waals surface area contributed by atoms with Gasteiger partial charge in [0.1, 0.15) is 0 Å². The first-order valence-corrected chi connectivity index (χ1v) is 8.48. The molecule has 2 aliphatic rings. The fraction of sp³-hybridized carbons (Fsp3) is 0.222. The molecular formula is C18H16N2O2S. The number of thioether (sulfide) groups is 1. The number of anilines is 2. The highest BCUT2D eigenvalue weighted by Gasteiger charge is 2.58. The van der Waals surface area contributed by atoms with Crippen LogP contribution in [0, 0.1) is 13.8 Å². The van der Waals surface area contributed by atoms with Crippen LogP contribution in [-0.2, 0) is 14.5 Å². The summed E-state index contributed by atoms with van der Waals surface area (Å²) in [6.45, 7) is 3.96.